The van der Waals surface area contributed by atoms with E-state index in [-0.39, 0.29) is 12.8 Å². The molecule has 1 atom stereocenters. The molecule has 0 radical (unpaired) electrons. The molecule has 0 aromatic heterocycles. The Labute approximate surface area is 175 Å². The summed E-state index contributed by atoms with van der Waals surface area (Å²) in [6, 6.07) is 37.3. The summed E-state index contributed by atoms with van der Waals surface area (Å²) in [6.45, 7) is 6.36. The molecule has 4 aromatic carbocycles. The molecular formula is C29H30. The molecule has 0 heteroatoms. The average Bonchev–Trinajstić information content (AvgIpc) is 3.06. The Hall–Kier alpha value is -3.12. The van der Waals surface area contributed by atoms with Crippen LogP contribution in [-0.4, -0.2) is 0 Å². The van der Waals surface area contributed by atoms with Crippen molar-refractivity contribution in [2.24, 2.45) is 0 Å². The first-order valence-corrected chi connectivity index (χ1v) is 10.1. The Kier molecular flexibility index (Phi) is 6.03. The minimum atomic E-state index is -0.127. The van der Waals surface area contributed by atoms with Gasteiger partial charge in [-0.05, 0) is 51.9 Å². The largest absolute Gasteiger partial charge is 0.0776 e. The molecule has 0 amide bonds. The van der Waals surface area contributed by atoms with Crippen LogP contribution in [0.4, 0.5) is 0 Å². The maximum Gasteiger partial charge on any atom is 0.0435 e. The molecule has 0 bridgehead atoms. The van der Waals surface area contributed by atoms with E-state index in [4.69, 9.17) is 0 Å². The van der Waals surface area contributed by atoms with Crippen LogP contribution in [0.3, 0.4) is 0 Å². The fraction of sp³-hybridized carbons (Fsp3) is 0.172. The van der Waals surface area contributed by atoms with E-state index < -0.39 is 0 Å². The standard InChI is InChI=1S/C26H20.C2H6.CH4/c1-26(21-12-6-3-7-13-21)24-15-9-8-14-22(24)23-17-16-20(18-25(23)26)19-10-4-2-5-11-19;1-2;/h2-18H,1H3;1-2H3;1H4. The number of hydrogen-bond donors (Lipinski definition) is 0. The van der Waals surface area contributed by atoms with Gasteiger partial charge < -0.3 is 0 Å². The lowest BCUT2D eigenvalue weighted by molar-refractivity contribution is 0.714. The molecule has 5 rings (SSSR count). The molecule has 0 spiro atoms. The molecule has 0 aliphatic heterocycles. The second-order valence-corrected chi connectivity index (χ2v) is 7.16. The van der Waals surface area contributed by atoms with Crippen LogP contribution in [0, 0.1) is 0 Å². The average molecular weight is 379 g/mol. The predicted octanol–water partition coefficient (Wildman–Crippen LogP) is 8.35. The monoisotopic (exact) mass is 378 g/mol. The quantitative estimate of drug-likeness (QED) is 0.329. The maximum atomic E-state index is 2.39. The Morgan fingerprint density at radius 1 is 0.517 bits per heavy atom. The Bertz CT molecular complexity index is 1080. The molecule has 4 aromatic rings. The van der Waals surface area contributed by atoms with Gasteiger partial charge >= 0.3 is 0 Å². The highest BCUT2D eigenvalue weighted by Crippen LogP contribution is 2.52. The zero-order valence-corrected chi connectivity index (χ0v) is 16.8. The third-order valence-electron chi connectivity index (χ3n) is 5.77. The molecule has 1 aliphatic rings. The first-order chi connectivity index (χ1) is 13.8. The molecule has 0 N–H and O–H groups in total. The number of fused-ring (bicyclic) bond motifs is 3. The van der Waals surface area contributed by atoms with Crippen LogP contribution in [0.25, 0.3) is 22.3 Å². The van der Waals surface area contributed by atoms with Gasteiger partial charge in [0.25, 0.3) is 0 Å². The maximum absolute atomic E-state index is 2.39. The second kappa shape index (κ2) is 8.49. The molecule has 29 heavy (non-hydrogen) atoms. The van der Waals surface area contributed by atoms with Crippen LogP contribution in [0.2, 0.25) is 0 Å². The molecule has 1 unspecified atom stereocenters. The number of hydrogen-bond acceptors (Lipinski definition) is 0. The zero-order valence-electron chi connectivity index (χ0n) is 16.8. The van der Waals surface area contributed by atoms with E-state index in [0.717, 1.165) is 0 Å². The summed E-state index contributed by atoms with van der Waals surface area (Å²) < 4.78 is 0. The molecule has 0 saturated carbocycles. The second-order valence-electron chi connectivity index (χ2n) is 7.16. The van der Waals surface area contributed by atoms with Crippen molar-refractivity contribution in [2.75, 3.05) is 0 Å². The lowest BCUT2D eigenvalue weighted by Gasteiger charge is -2.28. The van der Waals surface area contributed by atoms with Gasteiger partial charge in [0.1, 0.15) is 0 Å². The van der Waals surface area contributed by atoms with Gasteiger partial charge in [-0.1, -0.05) is 118 Å². The molecule has 146 valence electrons. The van der Waals surface area contributed by atoms with Gasteiger partial charge in [0.15, 0.2) is 0 Å². The summed E-state index contributed by atoms with van der Waals surface area (Å²) in [7, 11) is 0. The lowest BCUT2D eigenvalue weighted by Crippen LogP contribution is -2.22. The zero-order chi connectivity index (χ0) is 19.6. The van der Waals surface area contributed by atoms with Gasteiger partial charge in [-0.2, -0.15) is 0 Å². The minimum absolute atomic E-state index is 0. The number of rotatable bonds is 2. The van der Waals surface area contributed by atoms with Crippen LogP contribution in [0.15, 0.2) is 103 Å². The predicted molar refractivity (Wildman–Crippen MR) is 127 cm³/mol. The molecule has 0 fully saturated rings. The summed E-state index contributed by atoms with van der Waals surface area (Å²) in [5.74, 6) is 0. The molecule has 0 nitrogen and oxygen atoms in total. The van der Waals surface area contributed by atoms with Crippen molar-refractivity contribution in [3.63, 3.8) is 0 Å². The van der Waals surface area contributed by atoms with Crippen LogP contribution in [0.5, 0.6) is 0 Å². The molecule has 0 saturated heterocycles. The first kappa shape index (κ1) is 20.6. The van der Waals surface area contributed by atoms with E-state index in [1.54, 1.807) is 0 Å². The van der Waals surface area contributed by atoms with Gasteiger partial charge in [0.05, 0.1) is 0 Å². The summed E-state index contributed by atoms with van der Waals surface area (Å²) in [5, 5.41) is 0. The highest BCUT2D eigenvalue weighted by Gasteiger charge is 2.40. The Morgan fingerprint density at radius 2 is 1.07 bits per heavy atom. The molecular weight excluding hydrogens is 348 g/mol. The van der Waals surface area contributed by atoms with Crippen LogP contribution in [0.1, 0.15) is 44.9 Å². The Morgan fingerprint density at radius 3 is 1.76 bits per heavy atom. The van der Waals surface area contributed by atoms with Crippen molar-refractivity contribution in [2.45, 2.75) is 33.6 Å². The third-order valence-corrected chi connectivity index (χ3v) is 5.77. The molecule has 0 heterocycles. The fourth-order valence-corrected chi connectivity index (χ4v) is 4.38. The summed E-state index contributed by atoms with van der Waals surface area (Å²) >= 11 is 0. The topological polar surface area (TPSA) is 0 Å². The normalized spacial score (nSPS) is 16.0. The minimum Gasteiger partial charge on any atom is -0.0776 e. The van der Waals surface area contributed by atoms with E-state index in [1.165, 1.54) is 38.9 Å². The summed E-state index contributed by atoms with van der Waals surface area (Å²) in [4.78, 5) is 0. The van der Waals surface area contributed by atoms with Crippen molar-refractivity contribution in [1.82, 2.24) is 0 Å². The van der Waals surface area contributed by atoms with E-state index >= 15 is 0 Å². The highest BCUT2D eigenvalue weighted by atomic mass is 14.4. The van der Waals surface area contributed by atoms with E-state index in [0.29, 0.717) is 0 Å². The van der Waals surface area contributed by atoms with Gasteiger partial charge in [0, 0.05) is 5.41 Å². The van der Waals surface area contributed by atoms with Gasteiger partial charge in [-0.3, -0.25) is 0 Å². The highest BCUT2D eigenvalue weighted by molar-refractivity contribution is 5.85. The van der Waals surface area contributed by atoms with E-state index in [9.17, 15) is 0 Å². The van der Waals surface area contributed by atoms with Crippen molar-refractivity contribution < 1.29 is 0 Å². The molecule has 1 aliphatic carbocycles. The summed E-state index contributed by atoms with van der Waals surface area (Å²) in [5.41, 5.74) is 9.26. The van der Waals surface area contributed by atoms with Gasteiger partial charge in [-0.15, -0.1) is 0 Å². The smallest absolute Gasteiger partial charge is 0.0435 e. The van der Waals surface area contributed by atoms with Crippen LogP contribution >= 0.6 is 0 Å². The lowest BCUT2D eigenvalue weighted by atomic mass is 9.74. The van der Waals surface area contributed by atoms with Gasteiger partial charge in [-0.25, -0.2) is 0 Å². The van der Waals surface area contributed by atoms with Crippen molar-refractivity contribution in [3.8, 4) is 22.3 Å². The fourth-order valence-electron chi connectivity index (χ4n) is 4.38. The van der Waals surface area contributed by atoms with Gasteiger partial charge in [0.2, 0.25) is 0 Å². The van der Waals surface area contributed by atoms with E-state index in [1.807, 2.05) is 13.8 Å². The summed E-state index contributed by atoms with van der Waals surface area (Å²) in [6.07, 6.45) is 0. The van der Waals surface area contributed by atoms with Crippen molar-refractivity contribution in [3.05, 3.63) is 120 Å². The SMILES string of the molecule is C.CC.CC1(c2ccccc2)c2ccccc2-c2ccc(-c3ccccc3)cc21. The van der Waals surface area contributed by atoms with Crippen molar-refractivity contribution >= 4 is 0 Å². The third kappa shape index (κ3) is 3.29. The van der Waals surface area contributed by atoms with E-state index in [2.05, 4.69) is 110 Å². The van der Waals surface area contributed by atoms with Crippen LogP contribution in [-0.2, 0) is 5.41 Å². The van der Waals surface area contributed by atoms with Crippen molar-refractivity contribution in [1.29, 1.82) is 0 Å². The first-order valence-electron chi connectivity index (χ1n) is 10.1. The van der Waals surface area contributed by atoms with Crippen LogP contribution < -0.4 is 0 Å². The Balaban J connectivity index is 0.000000778. The number of benzene rings is 4.